The van der Waals surface area contributed by atoms with E-state index in [-0.39, 0.29) is 6.10 Å². The zero-order valence-corrected chi connectivity index (χ0v) is 13.5. The van der Waals surface area contributed by atoms with Crippen LogP contribution in [0.25, 0.3) is 0 Å². The van der Waals surface area contributed by atoms with Crippen LogP contribution in [0.3, 0.4) is 0 Å². The Morgan fingerprint density at radius 3 is 2.83 bits per heavy atom. The predicted molar refractivity (Wildman–Crippen MR) is 84.2 cm³/mol. The van der Waals surface area contributed by atoms with E-state index in [0.29, 0.717) is 0 Å². The molecule has 1 unspecified atom stereocenters. The van der Waals surface area contributed by atoms with E-state index in [1.54, 1.807) is 0 Å². The first-order valence-corrected chi connectivity index (χ1v) is 8.43. The van der Waals surface area contributed by atoms with E-state index < -0.39 is 0 Å². The van der Waals surface area contributed by atoms with Crippen LogP contribution in [0.1, 0.15) is 24.5 Å². The Labute approximate surface area is 123 Å². The maximum Gasteiger partial charge on any atom is 0.0802 e. The average Bonchev–Trinajstić information content (AvgIpc) is 2.36. The molecular formula is C14H22BrNOS. The normalized spacial score (nSPS) is 12.9. The molecule has 0 saturated carbocycles. The predicted octanol–water partition coefficient (Wildman–Crippen LogP) is 3.56. The Hall–Kier alpha value is -0.0300. The van der Waals surface area contributed by atoms with Gasteiger partial charge in [-0.15, -0.1) is 0 Å². The van der Waals surface area contributed by atoms with E-state index in [1.807, 2.05) is 36.0 Å². The summed E-state index contributed by atoms with van der Waals surface area (Å²) in [7, 11) is 2.12. The molecule has 0 fully saturated rings. The standard InChI is InChI=1S/C14H22BrNOS/c1-16(8-4-10-18-2)9-7-14(17)12-5-3-6-13(15)11-12/h3,5-6,11,14,17H,4,7-10H2,1-2H3. The van der Waals surface area contributed by atoms with Gasteiger partial charge in [-0.2, -0.15) is 11.8 Å². The molecule has 1 aromatic carbocycles. The molecule has 4 heteroatoms. The molecule has 0 aliphatic rings. The molecule has 18 heavy (non-hydrogen) atoms. The number of aliphatic hydroxyl groups excluding tert-OH is 1. The molecule has 0 radical (unpaired) electrons. The first-order valence-electron chi connectivity index (χ1n) is 6.24. The summed E-state index contributed by atoms with van der Waals surface area (Å²) in [4.78, 5) is 2.29. The average molecular weight is 332 g/mol. The Morgan fingerprint density at radius 1 is 1.39 bits per heavy atom. The molecule has 0 amide bonds. The van der Waals surface area contributed by atoms with Crippen molar-refractivity contribution in [3.8, 4) is 0 Å². The number of thioether (sulfide) groups is 1. The summed E-state index contributed by atoms with van der Waals surface area (Å²) in [5.41, 5.74) is 0.988. The number of halogens is 1. The van der Waals surface area contributed by atoms with Gasteiger partial charge in [-0.1, -0.05) is 28.1 Å². The Kier molecular flexibility index (Phi) is 7.98. The van der Waals surface area contributed by atoms with Crippen LogP contribution in [-0.4, -0.2) is 42.2 Å². The monoisotopic (exact) mass is 331 g/mol. The molecular weight excluding hydrogens is 310 g/mol. The van der Waals surface area contributed by atoms with Gasteiger partial charge in [0.1, 0.15) is 0 Å². The van der Waals surface area contributed by atoms with Gasteiger partial charge in [-0.05, 0) is 56.1 Å². The smallest absolute Gasteiger partial charge is 0.0802 e. The quantitative estimate of drug-likeness (QED) is 0.737. The van der Waals surface area contributed by atoms with Gasteiger partial charge >= 0.3 is 0 Å². The van der Waals surface area contributed by atoms with Crippen LogP contribution >= 0.6 is 27.7 Å². The summed E-state index contributed by atoms with van der Waals surface area (Å²) in [5.74, 6) is 1.21. The number of rotatable bonds is 8. The molecule has 1 atom stereocenters. The largest absolute Gasteiger partial charge is 0.388 e. The van der Waals surface area contributed by atoms with Gasteiger partial charge < -0.3 is 10.0 Å². The topological polar surface area (TPSA) is 23.5 Å². The van der Waals surface area contributed by atoms with Crippen LogP contribution in [0.5, 0.6) is 0 Å². The van der Waals surface area contributed by atoms with Crippen LogP contribution < -0.4 is 0 Å². The number of hydrogen-bond acceptors (Lipinski definition) is 3. The molecule has 2 nitrogen and oxygen atoms in total. The molecule has 0 aliphatic heterocycles. The molecule has 0 spiro atoms. The van der Waals surface area contributed by atoms with Gasteiger partial charge in [0.25, 0.3) is 0 Å². The summed E-state index contributed by atoms with van der Waals surface area (Å²) in [6.07, 6.45) is 3.76. The summed E-state index contributed by atoms with van der Waals surface area (Å²) < 4.78 is 1.02. The zero-order chi connectivity index (χ0) is 13.4. The zero-order valence-electron chi connectivity index (χ0n) is 11.1. The summed E-state index contributed by atoms with van der Waals surface area (Å²) >= 11 is 5.31. The Bertz CT molecular complexity index is 348. The Balaban J connectivity index is 2.30. The lowest BCUT2D eigenvalue weighted by atomic mass is 10.1. The van der Waals surface area contributed by atoms with E-state index in [4.69, 9.17) is 0 Å². The fraction of sp³-hybridized carbons (Fsp3) is 0.571. The van der Waals surface area contributed by atoms with Gasteiger partial charge in [0, 0.05) is 11.0 Å². The van der Waals surface area contributed by atoms with Gasteiger partial charge in [0.15, 0.2) is 0 Å². The number of benzene rings is 1. The highest BCUT2D eigenvalue weighted by molar-refractivity contribution is 9.10. The van der Waals surface area contributed by atoms with Crippen molar-refractivity contribution in [2.24, 2.45) is 0 Å². The fourth-order valence-electron chi connectivity index (χ4n) is 1.81. The lowest BCUT2D eigenvalue weighted by molar-refractivity contribution is 0.149. The highest BCUT2D eigenvalue weighted by Crippen LogP contribution is 2.20. The van der Waals surface area contributed by atoms with Crippen molar-refractivity contribution in [1.82, 2.24) is 4.90 Å². The van der Waals surface area contributed by atoms with Gasteiger partial charge in [0.2, 0.25) is 0 Å². The van der Waals surface area contributed by atoms with Crippen molar-refractivity contribution < 1.29 is 5.11 Å². The third-order valence-corrected chi connectivity index (χ3v) is 4.10. The van der Waals surface area contributed by atoms with E-state index in [0.717, 1.165) is 29.5 Å². The summed E-state index contributed by atoms with van der Waals surface area (Å²) in [5, 5.41) is 10.1. The third-order valence-electron chi connectivity index (χ3n) is 2.91. The summed E-state index contributed by atoms with van der Waals surface area (Å²) in [6.45, 7) is 2.04. The van der Waals surface area contributed by atoms with Gasteiger partial charge in [-0.25, -0.2) is 0 Å². The number of hydrogen-bond donors (Lipinski definition) is 1. The van der Waals surface area contributed by atoms with Crippen LogP contribution in [0.4, 0.5) is 0 Å². The molecule has 1 N–H and O–H groups in total. The number of nitrogens with zero attached hydrogens (tertiary/aromatic N) is 1. The highest BCUT2D eigenvalue weighted by atomic mass is 79.9. The molecule has 1 rings (SSSR count). The van der Waals surface area contributed by atoms with Gasteiger partial charge in [-0.3, -0.25) is 0 Å². The van der Waals surface area contributed by atoms with Gasteiger partial charge in [0.05, 0.1) is 6.10 Å². The van der Waals surface area contributed by atoms with Crippen molar-refractivity contribution in [2.75, 3.05) is 32.1 Å². The van der Waals surface area contributed by atoms with Crippen LogP contribution in [0.2, 0.25) is 0 Å². The van der Waals surface area contributed by atoms with Crippen LogP contribution in [-0.2, 0) is 0 Å². The molecule has 0 heterocycles. The van der Waals surface area contributed by atoms with E-state index in [1.165, 1.54) is 12.2 Å². The first-order chi connectivity index (χ1) is 8.63. The van der Waals surface area contributed by atoms with Crippen molar-refractivity contribution in [1.29, 1.82) is 0 Å². The second-order valence-electron chi connectivity index (χ2n) is 4.51. The SMILES string of the molecule is CSCCCN(C)CCC(O)c1cccc(Br)c1. The lowest BCUT2D eigenvalue weighted by Gasteiger charge is -2.19. The molecule has 102 valence electrons. The van der Waals surface area contributed by atoms with Crippen molar-refractivity contribution >= 4 is 27.7 Å². The van der Waals surface area contributed by atoms with E-state index in [9.17, 15) is 5.11 Å². The second kappa shape index (κ2) is 8.97. The Morgan fingerprint density at radius 2 is 2.17 bits per heavy atom. The minimum absolute atomic E-state index is 0.370. The second-order valence-corrected chi connectivity index (χ2v) is 6.41. The van der Waals surface area contributed by atoms with E-state index in [2.05, 4.69) is 34.1 Å². The van der Waals surface area contributed by atoms with Crippen molar-refractivity contribution in [3.05, 3.63) is 34.3 Å². The fourth-order valence-corrected chi connectivity index (χ4v) is 2.65. The van der Waals surface area contributed by atoms with Crippen molar-refractivity contribution in [3.63, 3.8) is 0 Å². The van der Waals surface area contributed by atoms with Crippen LogP contribution in [0, 0.1) is 0 Å². The highest BCUT2D eigenvalue weighted by Gasteiger charge is 2.09. The maximum atomic E-state index is 10.1. The van der Waals surface area contributed by atoms with E-state index >= 15 is 0 Å². The molecule has 0 aromatic heterocycles. The lowest BCUT2D eigenvalue weighted by Crippen LogP contribution is -2.23. The number of aliphatic hydroxyl groups is 1. The molecule has 1 aromatic rings. The molecule has 0 saturated heterocycles. The minimum Gasteiger partial charge on any atom is -0.388 e. The molecule has 0 bridgehead atoms. The van der Waals surface area contributed by atoms with Crippen molar-refractivity contribution in [2.45, 2.75) is 18.9 Å². The van der Waals surface area contributed by atoms with Crippen LogP contribution in [0.15, 0.2) is 28.7 Å². The third kappa shape index (κ3) is 6.23. The minimum atomic E-state index is -0.370. The first kappa shape index (κ1) is 16.0. The molecule has 0 aliphatic carbocycles. The summed E-state index contributed by atoms with van der Waals surface area (Å²) in [6, 6.07) is 7.90. The maximum absolute atomic E-state index is 10.1.